The van der Waals surface area contributed by atoms with Crippen molar-refractivity contribution in [2.45, 2.75) is 12.8 Å². The molecule has 0 heterocycles. The quantitative estimate of drug-likeness (QED) is 0.611. The van der Waals surface area contributed by atoms with Gasteiger partial charge < -0.3 is 15.8 Å². The molecule has 0 atom stereocenters. The molecule has 1 fully saturated rings. The van der Waals surface area contributed by atoms with Crippen LogP contribution in [0.5, 0.6) is 0 Å². The lowest BCUT2D eigenvalue weighted by Crippen LogP contribution is -2.28. The zero-order valence-corrected chi connectivity index (χ0v) is 10.4. The molecule has 0 bridgehead atoms. The summed E-state index contributed by atoms with van der Waals surface area (Å²) in [6, 6.07) is 1.60. The van der Waals surface area contributed by atoms with Crippen molar-refractivity contribution in [3.8, 4) is 0 Å². The van der Waals surface area contributed by atoms with Crippen LogP contribution in [0, 0.1) is 17.6 Å². The molecule has 0 saturated heterocycles. The van der Waals surface area contributed by atoms with Crippen molar-refractivity contribution in [1.29, 1.82) is 0 Å². The number of halogens is 2. The number of nitrogen functional groups attached to an aromatic ring is 1. The van der Waals surface area contributed by atoms with E-state index >= 15 is 0 Å². The Kier molecular flexibility index (Phi) is 4.31. The Balaban J connectivity index is 1.79. The van der Waals surface area contributed by atoms with Gasteiger partial charge in [0, 0.05) is 19.2 Å². The Bertz CT molecular complexity index is 476. The molecule has 0 radical (unpaired) electrons. The first-order valence-electron chi connectivity index (χ1n) is 6.18. The number of nitrogens with one attached hydrogen (secondary N) is 1. The van der Waals surface area contributed by atoms with Crippen LogP contribution in [0.2, 0.25) is 0 Å². The highest BCUT2D eigenvalue weighted by Crippen LogP contribution is 2.28. The summed E-state index contributed by atoms with van der Waals surface area (Å²) in [7, 11) is 0. The van der Waals surface area contributed by atoms with E-state index in [1.54, 1.807) is 0 Å². The summed E-state index contributed by atoms with van der Waals surface area (Å²) >= 11 is 0. The van der Waals surface area contributed by atoms with Crippen molar-refractivity contribution in [3.63, 3.8) is 0 Å². The maximum absolute atomic E-state index is 13.4. The Morgan fingerprint density at radius 3 is 2.79 bits per heavy atom. The highest BCUT2D eigenvalue weighted by Gasteiger charge is 2.21. The smallest absolute Gasteiger partial charge is 0.254 e. The summed E-state index contributed by atoms with van der Waals surface area (Å²) in [5.74, 6) is -1.77. The molecule has 0 unspecified atom stereocenters. The van der Waals surface area contributed by atoms with Crippen LogP contribution in [0.4, 0.5) is 14.5 Å². The maximum Gasteiger partial charge on any atom is 0.254 e. The molecule has 1 aromatic carbocycles. The van der Waals surface area contributed by atoms with Crippen LogP contribution in [-0.4, -0.2) is 25.7 Å². The molecule has 0 spiro atoms. The van der Waals surface area contributed by atoms with E-state index in [0.717, 1.165) is 6.07 Å². The number of amides is 1. The van der Waals surface area contributed by atoms with Gasteiger partial charge >= 0.3 is 0 Å². The number of carbonyl (C=O) groups is 1. The van der Waals surface area contributed by atoms with Crippen LogP contribution in [0.15, 0.2) is 12.1 Å². The Morgan fingerprint density at radius 1 is 1.37 bits per heavy atom. The summed E-state index contributed by atoms with van der Waals surface area (Å²) in [4.78, 5) is 11.7. The molecule has 104 valence electrons. The van der Waals surface area contributed by atoms with Crippen molar-refractivity contribution in [1.82, 2.24) is 5.32 Å². The van der Waals surface area contributed by atoms with Crippen LogP contribution in [0.1, 0.15) is 23.2 Å². The van der Waals surface area contributed by atoms with Crippen LogP contribution in [0.3, 0.4) is 0 Å². The molecule has 1 amide bonds. The summed E-state index contributed by atoms with van der Waals surface area (Å²) in [6.45, 7) is 1.36. The largest absolute Gasteiger partial charge is 0.396 e. The van der Waals surface area contributed by atoms with E-state index < -0.39 is 17.5 Å². The molecule has 19 heavy (non-hydrogen) atoms. The van der Waals surface area contributed by atoms with Gasteiger partial charge in [0.25, 0.3) is 5.91 Å². The second-order valence-corrected chi connectivity index (χ2v) is 4.63. The van der Waals surface area contributed by atoms with Crippen LogP contribution in [-0.2, 0) is 4.74 Å². The summed E-state index contributed by atoms with van der Waals surface area (Å²) in [6.07, 6.45) is 2.40. The second-order valence-electron chi connectivity index (χ2n) is 4.63. The molecule has 0 aliphatic heterocycles. The summed E-state index contributed by atoms with van der Waals surface area (Å²) in [5.41, 5.74) is 4.78. The van der Waals surface area contributed by atoms with Gasteiger partial charge in [-0.05, 0) is 24.8 Å². The van der Waals surface area contributed by atoms with E-state index in [4.69, 9.17) is 10.5 Å². The van der Waals surface area contributed by atoms with Gasteiger partial charge in [-0.25, -0.2) is 8.78 Å². The van der Waals surface area contributed by atoms with E-state index in [2.05, 4.69) is 5.32 Å². The lowest BCUT2D eigenvalue weighted by Gasteiger charge is -2.08. The van der Waals surface area contributed by atoms with Crippen LogP contribution < -0.4 is 11.1 Å². The minimum absolute atomic E-state index is 0.253. The SMILES string of the molecule is Nc1cc(C(=O)NCCOCC2CC2)c(F)cc1F. The lowest BCUT2D eigenvalue weighted by atomic mass is 10.1. The molecule has 6 heteroatoms. The Hall–Kier alpha value is -1.69. The van der Waals surface area contributed by atoms with E-state index in [1.165, 1.54) is 12.8 Å². The fourth-order valence-electron chi connectivity index (χ4n) is 1.61. The predicted octanol–water partition coefficient (Wildman–Crippen LogP) is 1.70. The van der Waals surface area contributed by atoms with Gasteiger partial charge in [-0.1, -0.05) is 0 Å². The van der Waals surface area contributed by atoms with E-state index in [0.29, 0.717) is 25.2 Å². The first-order chi connectivity index (χ1) is 9.08. The fraction of sp³-hybridized carbons (Fsp3) is 0.462. The minimum atomic E-state index is -0.928. The third kappa shape index (κ3) is 3.89. The average molecular weight is 270 g/mol. The van der Waals surface area contributed by atoms with Gasteiger partial charge in [0.05, 0.1) is 17.9 Å². The molecule has 1 saturated carbocycles. The number of benzene rings is 1. The molecule has 2 rings (SSSR count). The summed E-state index contributed by atoms with van der Waals surface area (Å²) < 4.78 is 31.6. The third-order valence-electron chi connectivity index (χ3n) is 2.91. The van der Waals surface area contributed by atoms with Gasteiger partial charge in [0.2, 0.25) is 0 Å². The van der Waals surface area contributed by atoms with Gasteiger partial charge in [0.1, 0.15) is 11.6 Å². The van der Waals surface area contributed by atoms with Crippen LogP contribution in [0.25, 0.3) is 0 Å². The van der Waals surface area contributed by atoms with E-state index in [1.807, 2.05) is 0 Å². The number of rotatable bonds is 6. The fourth-order valence-corrected chi connectivity index (χ4v) is 1.61. The Morgan fingerprint density at radius 2 is 2.11 bits per heavy atom. The first-order valence-corrected chi connectivity index (χ1v) is 6.18. The first kappa shape index (κ1) is 13.7. The summed E-state index contributed by atoms with van der Waals surface area (Å²) in [5, 5.41) is 2.50. The van der Waals surface area contributed by atoms with E-state index in [-0.39, 0.29) is 17.8 Å². The number of nitrogens with two attached hydrogens (primary N) is 1. The molecule has 0 aromatic heterocycles. The lowest BCUT2D eigenvalue weighted by molar-refractivity contribution is 0.0903. The minimum Gasteiger partial charge on any atom is -0.396 e. The zero-order valence-electron chi connectivity index (χ0n) is 10.4. The van der Waals surface area contributed by atoms with Crippen LogP contribution >= 0.6 is 0 Å². The monoisotopic (exact) mass is 270 g/mol. The number of carbonyl (C=O) groups excluding carboxylic acids is 1. The van der Waals surface area contributed by atoms with Crippen molar-refractivity contribution >= 4 is 11.6 Å². The van der Waals surface area contributed by atoms with Crippen molar-refractivity contribution in [2.24, 2.45) is 5.92 Å². The predicted molar refractivity (Wildman–Crippen MR) is 66.6 cm³/mol. The van der Waals surface area contributed by atoms with Gasteiger partial charge in [0.15, 0.2) is 0 Å². The van der Waals surface area contributed by atoms with Gasteiger partial charge in [-0.2, -0.15) is 0 Å². The highest BCUT2D eigenvalue weighted by atomic mass is 19.1. The van der Waals surface area contributed by atoms with Crippen molar-refractivity contribution in [2.75, 3.05) is 25.5 Å². The van der Waals surface area contributed by atoms with Crippen molar-refractivity contribution < 1.29 is 18.3 Å². The highest BCUT2D eigenvalue weighted by molar-refractivity contribution is 5.95. The molecule has 1 aliphatic carbocycles. The molecular weight excluding hydrogens is 254 g/mol. The Labute approximate surface area is 109 Å². The van der Waals surface area contributed by atoms with Gasteiger partial charge in [-0.15, -0.1) is 0 Å². The molecule has 1 aliphatic rings. The average Bonchev–Trinajstić information content (AvgIpc) is 3.17. The normalized spacial score (nSPS) is 14.4. The third-order valence-corrected chi connectivity index (χ3v) is 2.91. The number of hydrogen-bond acceptors (Lipinski definition) is 3. The second kappa shape index (κ2) is 5.97. The molecule has 1 aromatic rings. The molecular formula is C13H16F2N2O2. The molecule has 4 nitrogen and oxygen atoms in total. The van der Waals surface area contributed by atoms with Gasteiger partial charge in [-0.3, -0.25) is 4.79 Å². The standard InChI is InChI=1S/C13H16F2N2O2/c14-10-6-11(15)12(16)5-9(10)13(18)17-3-4-19-7-8-1-2-8/h5-6,8H,1-4,7,16H2,(H,17,18). The number of anilines is 1. The number of ether oxygens (including phenoxy) is 1. The van der Waals surface area contributed by atoms with E-state index in [9.17, 15) is 13.6 Å². The number of hydrogen-bond donors (Lipinski definition) is 2. The van der Waals surface area contributed by atoms with Crippen molar-refractivity contribution in [3.05, 3.63) is 29.3 Å². The molecule has 3 N–H and O–H groups in total. The topological polar surface area (TPSA) is 64.4 Å². The zero-order chi connectivity index (χ0) is 13.8. The maximum atomic E-state index is 13.4.